The zero-order chi connectivity index (χ0) is 9.03. The Kier molecular flexibility index (Phi) is 3.49. The summed E-state index contributed by atoms with van der Waals surface area (Å²) in [6.45, 7) is 2.76. The highest BCUT2D eigenvalue weighted by molar-refractivity contribution is 7.86. The molecule has 5 heteroatoms. The quantitative estimate of drug-likeness (QED) is 0.457. The van der Waals surface area contributed by atoms with Crippen LogP contribution in [-0.4, -0.2) is 33.5 Å². The molecule has 0 radical (unpaired) electrons. The lowest BCUT2D eigenvalue weighted by Crippen LogP contribution is -2.13. The van der Waals surface area contributed by atoms with Crippen molar-refractivity contribution in [2.24, 2.45) is 0 Å². The lowest BCUT2D eigenvalue weighted by Gasteiger charge is -2.01. The van der Waals surface area contributed by atoms with Gasteiger partial charge in [-0.3, -0.25) is 4.18 Å². The molecule has 1 unspecified atom stereocenters. The van der Waals surface area contributed by atoms with E-state index < -0.39 is 10.1 Å². The third-order valence-electron chi connectivity index (χ3n) is 1.58. The monoisotopic (exact) mass is 194 g/mol. The number of unbranched alkanes of at least 4 members (excludes halogenated alkanes) is 1. The van der Waals surface area contributed by atoms with E-state index >= 15 is 0 Å². The van der Waals surface area contributed by atoms with Gasteiger partial charge >= 0.3 is 0 Å². The molecule has 0 spiro atoms. The molecule has 1 aliphatic rings. The molecule has 0 aromatic carbocycles. The van der Waals surface area contributed by atoms with Gasteiger partial charge in [0, 0.05) is 0 Å². The molecule has 0 bridgehead atoms. The molecule has 0 aromatic heterocycles. The van der Waals surface area contributed by atoms with Gasteiger partial charge in [-0.1, -0.05) is 13.3 Å². The highest BCUT2D eigenvalue weighted by atomic mass is 32.2. The lowest BCUT2D eigenvalue weighted by molar-refractivity contribution is 0.266. The fourth-order valence-corrected chi connectivity index (χ4v) is 1.84. The van der Waals surface area contributed by atoms with Crippen molar-refractivity contribution in [3.05, 3.63) is 0 Å². The summed E-state index contributed by atoms with van der Waals surface area (Å²) in [5.74, 6) is 0.121. The Labute approximate surface area is 73.0 Å². The lowest BCUT2D eigenvalue weighted by atomic mass is 10.4. The molecule has 12 heavy (non-hydrogen) atoms. The minimum absolute atomic E-state index is 0.0152. The van der Waals surface area contributed by atoms with Gasteiger partial charge in [0.2, 0.25) is 0 Å². The van der Waals surface area contributed by atoms with Crippen molar-refractivity contribution in [2.45, 2.75) is 25.9 Å². The van der Waals surface area contributed by atoms with E-state index in [9.17, 15) is 8.42 Å². The highest BCUT2D eigenvalue weighted by Gasteiger charge is 2.25. The van der Waals surface area contributed by atoms with Crippen LogP contribution >= 0.6 is 0 Å². The highest BCUT2D eigenvalue weighted by Crippen LogP contribution is 2.10. The third-order valence-corrected chi connectivity index (χ3v) is 2.87. The molecule has 1 atom stereocenters. The predicted octanol–water partition coefficient (Wildman–Crippen LogP) is 0.532. The van der Waals surface area contributed by atoms with Crippen LogP contribution in [0.3, 0.4) is 0 Å². The average Bonchev–Trinajstić information content (AvgIpc) is 2.81. The van der Waals surface area contributed by atoms with Gasteiger partial charge in [0.25, 0.3) is 10.1 Å². The van der Waals surface area contributed by atoms with Gasteiger partial charge in [0.1, 0.15) is 6.10 Å². The second-order valence-electron chi connectivity index (χ2n) is 2.86. The summed E-state index contributed by atoms with van der Waals surface area (Å²) in [6, 6.07) is 0. The van der Waals surface area contributed by atoms with Crippen molar-refractivity contribution in [1.29, 1.82) is 0 Å². The molecule has 1 rings (SSSR count). The Morgan fingerprint density at radius 1 is 1.58 bits per heavy atom. The molecule has 0 N–H and O–H groups in total. The first-order valence-electron chi connectivity index (χ1n) is 4.13. The van der Waals surface area contributed by atoms with Crippen molar-refractivity contribution >= 4 is 10.1 Å². The van der Waals surface area contributed by atoms with Crippen molar-refractivity contribution in [3.8, 4) is 0 Å². The predicted molar refractivity (Wildman–Crippen MR) is 44.4 cm³/mol. The molecular weight excluding hydrogens is 180 g/mol. The van der Waals surface area contributed by atoms with Gasteiger partial charge in [0.05, 0.1) is 19.0 Å². The molecule has 72 valence electrons. The minimum atomic E-state index is -3.28. The number of hydrogen-bond donors (Lipinski definition) is 0. The molecule has 4 nitrogen and oxygen atoms in total. The number of hydrogen-bond acceptors (Lipinski definition) is 4. The van der Waals surface area contributed by atoms with Crippen molar-refractivity contribution in [3.63, 3.8) is 0 Å². The molecule has 0 aliphatic carbocycles. The van der Waals surface area contributed by atoms with E-state index in [1.165, 1.54) is 0 Å². The van der Waals surface area contributed by atoms with Crippen LogP contribution in [0.1, 0.15) is 19.8 Å². The maximum absolute atomic E-state index is 11.0. The van der Waals surface area contributed by atoms with Crippen LogP contribution in [0.5, 0.6) is 0 Å². The first kappa shape index (κ1) is 9.95. The maximum Gasteiger partial charge on any atom is 0.267 e. The number of epoxide rings is 1. The van der Waals surface area contributed by atoms with Crippen LogP contribution in [0.2, 0.25) is 0 Å². The zero-order valence-corrected chi connectivity index (χ0v) is 7.97. The molecule has 0 saturated carbocycles. The van der Waals surface area contributed by atoms with Crippen LogP contribution in [0.4, 0.5) is 0 Å². The SMILES string of the molecule is CCCCS(=O)(=O)OCC1CO1. The molecular formula is C7H14O4S. The van der Waals surface area contributed by atoms with Gasteiger partial charge in [-0.2, -0.15) is 8.42 Å². The molecule has 0 aromatic rings. The van der Waals surface area contributed by atoms with Crippen molar-refractivity contribution < 1.29 is 17.3 Å². The first-order valence-corrected chi connectivity index (χ1v) is 5.70. The van der Waals surface area contributed by atoms with E-state index in [-0.39, 0.29) is 18.5 Å². The van der Waals surface area contributed by atoms with Gasteiger partial charge in [0.15, 0.2) is 0 Å². The molecule has 0 amide bonds. The second-order valence-corrected chi connectivity index (χ2v) is 4.61. The number of rotatable bonds is 6. The fourth-order valence-electron chi connectivity index (χ4n) is 0.724. The molecule has 1 aliphatic heterocycles. The van der Waals surface area contributed by atoms with E-state index in [2.05, 4.69) is 0 Å². The van der Waals surface area contributed by atoms with Crippen molar-refractivity contribution in [1.82, 2.24) is 0 Å². The van der Waals surface area contributed by atoms with Crippen LogP contribution in [0.15, 0.2) is 0 Å². The summed E-state index contributed by atoms with van der Waals surface area (Å²) in [6.07, 6.45) is 1.54. The van der Waals surface area contributed by atoms with Crippen LogP contribution in [0.25, 0.3) is 0 Å². The Morgan fingerprint density at radius 2 is 2.25 bits per heavy atom. The van der Waals surface area contributed by atoms with Gasteiger partial charge in [-0.05, 0) is 6.42 Å². The van der Waals surface area contributed by atoms with Crippen LogP contribution < -0.4 is 0 Å². The maximum atomic E-state index is 11.0. The standard InChI is InChI=1S/C7H14O4S/c1-2-3-4-12(8,9)11-6-7-5-10-7/h7H,2-6H2,1H3. The minimum Gasteiger partial charge on any atom is -0.371 e. The third kappa shape index (κ3) is 4.04. The second kappa shape index (κ2) is 4.20. The Balaban J connectivity index is 2.17. The largest absolute Gasteiger partial charge is 0.371 e. The number of ether oxygens (including phenoxy) is 1. The van der Waals surface area contributed by atoms with Crippen LogP contribution in [-0.2, 0) is 19.0 Å². The Hall–Kier alpha value is -0.130. The fraction of sp³-hybridized carbons (Fsp3) is 1.00. The summed E-state index contributed by atoms with van der Waals surface area (Å²) in [5.41, 5.74) is 0. The van der Waals surface area contributed by atoms with Crippen molar-refractivity contribution in [2.75, 3.05) is 19.0 Å². The van der Waals surface area contributed by atoms with Gasteiger partial charge in [-0.15, -0.1) is 0 Å². The Morgan fingerprint density at radius 3 is 2.75 bits per heavy atom. The molecule has 1 saturated heterocycles. The smallest absolute Gasteiger partial charge is 0.267 e. The Bertz CT molecular complexity index is 218. The first-order chi connectivity index (χ1) is 5.64. The van der Waals surface area contributed by atoms with E-state index in [1.807, 2.05) is 6.92 Å². The topological polar surface area (TPSA) is 55.9 Å². The van der Waals surface area contributed by atoms with Crippen LogP contribution in [0, 0.1) is 0 Å². The summed E-state index contributed by atoms with van der Waals surface area (Å²) >= 11 is 0. The van der Waals surface area contributed by atoms with E-state index in [4.69, 9.17) is 8.92 Å². The normalized spacial score (nSPS) is 22.6. The molecule has 1 fully saturated rings. The molecule has 1 heterocycles. The van der Waals surface area contributed by atoms with E-state index in [0.717, 1.165) is 6.42 Å². The summed E-state index contributed by atoms with van der Waals surface area (Å²) in [4.78, 5) is 0. The summed E-state index contributed by atoms with van der Waals surface area (Å²) in [7, 11) is -3.28. The van der Waals surface area contributed by atoms with E-state index in [0.29, 0.717) is 13.0 Å². The van der Waals surface area contributed by atoms with Gasteiger partial charge < -0.3 is 4.74 Å². The van der Waals surface area contributed by atoms with E-state index in [1.54, 1.807) is 0 Å². The zero-order valence-electron chi connectivity index (χ0n) is 7.15. The summed E-state index contributed by atoms with van der Waals surface area (Å²) < 4.78 is 31.6. The van der Waals surface area contributed by atoms with Gasteiger partial charge in [-0.25, -0.2) is 0 Å². The summed E-state index contributed by atoms with van der Waals surface area (Å²) in [5, 5.41) is 0. The average molecular weight is 194 g/mol.